The van der Waals surface area contributed by atoms with Crippen LogP contribution in [0.5, 0.6) is 0 Å². The number of hydrogen-bond donors (Lipinski definition) is 1. The van der Waals surface area contributed by atoms with Crippen LogP contribution in [0.3, 0.4) is 0 Å². The highest BCUT2D eigenvalue weighted by molar-refractivity contribution is 5.77. The molecule has 0 aromatic heterocycles. The largest absolute Gasteiger partial charge is 0.343 e. The van der Waals surface area contributed by atoms with Crippen LogP contribution in [0.2, 0.25) is 0 Å². The number of carbonyl (C=O) groups excluding carboxylic acids is 1. The van der Waals surface area contributed by atoms with Gasteiger partial charge in [-0.15, -0.1) is 0 Å². The lowest BCUT2D eigenvalue weighted by Crippen LogP contribution is -2.29. The van der Waals surface area contributed by atoms with Crippen LogP contribution in [0.15, 0.2) is 0 Å². The lowest BCUT2D eigenvalue weighted by Gasteiger charge is -2.17. The molecule has 0 aromatic carbocycles. The Morgan fingerprint density at radius 2 is 2.36 bits per heavy atom. The maximum Gasteiger partial charge on any atom is 0.222 e. The predicted molar refractivity (Wildman–Crippen MR) is 58.2 cm³/mol. The van der Waals surface area contributed by atoms with Crippen LogP contribution < -0.4 is 5.32 Å². The fourth-order valence-corrected chi connectivity index (χ4v) is 1.98. The van der Waals surface area contributed by atoms with E-state index < -0.39 is 0 Å². The molecule has 3 nitrogen and oxygen atoms in total. The summed E-state index contributed by atoms with van der Waals surface area (Å²) in [5.41, 5.74) is 0. The van der Waals surface area contributed by atoms with Crippen LogP contribution in [0.25, 0.3) is 0 Å². The molecule has 1 aliphatic rings. The second kappa shape index (κ2) is 6.02. The van der Waals surface area contributed by atoms with Crippen molar-refractivity contribution in [2.24, 2.45) is 0 Å². The van der Waals surface area contributed by atoms with Crippen LogP contribution in [-0.4, -0.2) is 36.5 Å². The summed E-state index contributed by atoms with van der Waals surface area (Å²) in [7, 11) is 0. The fourth-order valence-electron chi connectivity index (χ4n) is 1.98. The molecule has 3 heteroatoms. The van der Waals surface area contributed by atoms with Gasteiger partial charge in [-0.3, -0.25) is 4.79 Å². The highest BCUT2D eigenvalue weighted by atomic mass is 16.2. The van der Waals surface area contributed by atoms with E-state index in [1.807, 2.05) is 4.90 Å². The van der Waals surface area contributed by atoms with E-state index in [-0.39, 0.29) is 0 Å². The molecule has 1 aliphatic heterocycles. The van der Waals surface area contributed by atoms with Crippen molar-refractivity contribution in [3.8, 4) is 0 Å². The third kappa shape index (κ3) is 3.66. The van der Waals surface area contributed by atoms with Crippen molar-refractivity contribution in [1.82, 2.24) is 10.2 Å². The van der Waals surface area contributed by atoms with Crippen LogP contribution in [0.1, 0.15) is 39.5 Å². The molecule has 0 spiro atoms. The van der Waals surface area contributed by atoms with Gasteiger partial charge in [0.25, 0.3) is 0 Å². The molecule has 1 fully saturated rings. The van der Waals surface area contributed by atoms with Gasteiger partial charge < -0.3 is 10.2 Å². The normalized spacial score (nSPS) is 19.0. The summed E-state index contributed by atoms with van der Waals surface area (Å²) >= 11 is 0. The molecule has 0 bridgehead atoms. The molecule has 1 atom stereocenters. The van der Waals surface area contributed by atoms with Crippen LogP contribution in [0.4, 0.5) is 0 Å². The SMILES string of the molecule is CCNC(C)CCCN1CCCC1=O. The van der Waals surface area contributed by atoms with Gasteiger partial charge in [0.1, 0.15) is 0 Å². The van der Waals surface area contributed by atoms with E-state index in [1.165, 1.54) is 0 Å². The zero-order valence-corrected chi connectivity index (χ0v) is 9.38. The van der Waals surface area contributed by atoms with E-state index >= 15 is 0 Å². The van der Waals surface area contributed by atoms with E-state index in [9.17, 15) is 4.79 Å². The highest BCUT2D eigenvalue weighted by Crippen LogP contribution is 2.10. The Morgan fingerprint density at radius 1 is 1.57 bits per heavy atom. The summed E-state index contributed by atoms with van der Waals surface area (Å²) in [5.74, 6) is 0.348. The van der Waals surface area contributed by atoms with E-state index in [0.717, 1.165) is 45.3 Å². The summed E-state index contributed by atoms with van der Waals surface area (Å²) in [6.45, 7) is 7.29. The van der Waals surface area contributed by atoms with Crippen LogP contribution in [-0.2, 0) is 4.79 Å². The molecule has 1 unspecified atom stereocenters. The van der Waals surface area contributed by atoms with Gasteiger partial charge in [-0.2, -0.15) is 0 Å². The molecule has 1 amide bonds. The lowest BCUT2D eigenvalue weighted by molar-refractivity contribution is -0.127. The number of likely N-dealkylation sites (tertiary alicyclic amines) is 1. The Labute approximate surface area is 86.9 Å². The van der Waals surface area contributed by atoms with Crippen molar-refractivity contribution in [3.63, 3.8) is 0 Å². The summed E-state index contributed by atoms with van der Waals surface area (Å²) in [5, 5.41) is 3.38. The van der Waals surface area contributed by atoms with E-state index in [4.69, 9.17) is 0 Å². The molecule has 0 saturated carbocycles. The summed E-state index contributed by atoms with van der Waals surface area (Å²) in [4.78, 5) is 13.3. The maximum absolute atomic E-state index is 11.3. The fraction of sp³-hybridized carbons (Fsp3) is 0.909. The Bertz CT molecular complexity index is 182. The first kappa shape index (κ1) is 11.5. The standard InChI is InChI=1S/C11H22N2O/c1-3-12-10(2)6-4-8-13-9-5-7-11(13)14/h10,12H,3-9H2,1-2H3. The minimum Gasteiger partial charge on any atom is -0.343 e. The highest BCUT2D eigenvalue weighted by Gasteiger charge is 2.19. The Kier molecular flexibility index (Phi) is 4.94. The molecular formula is C11H22N2O. The number of nitrogens with zero attached hydrogens (tertiary/aromatic N) is 1. The molecule has 14 heavy (non-hydrogen) atoms. The van der Waals surface area contributed by atoms with Crippen LogP contribution in [0, 0.1) is 0 Å². The second-order valence-corrected chi connectivity index (χ2v) is 4.09. The number of nitrogens with one attached hydrogen (secondary N) is 1. The van der Waals surface area contributed by atoms with Crippen molar-refractivity contribution < 1.29 is 4.79 Å². The van der Waals surface area contributed by atoms with Gasteiger partial charge in [-0.05, 0) is 32.7 Å². The molecule has 82 valence electrons. The average molecular weight is 198 g/mol. The third-order valence-corrected chi connectivity index (χ3v) is 2.79. The Hall–Kier alpha value is -0.570. The van der Waals surface area contributed by atoms with Crippen LogP contribution >= 0.6 is 0 Å². The quantitative estimate of drug-likeness (QED) is 0.699. The van der Waals surface area contributed by atoms with Crippen molar-refractivity contribution in [3.05, 3.63) is 0 Å². The van der Waals surface area contributed by atoms with Gasteiger partial charge in [0.2, 0.25) is 5.91 Å². The number of rotatable bonds is 6. The van der Waals surface area contributed by atoms with Crippen molar-refractivity contribution >= 4 is 5.91 Å². The predicted octanol–water partition coefficient (Wildman–Crippen LogP) is 1.39. The van der Waals surface area contributed by atoms with Crippen molar-refractivity contribution in [2.75, 3.05) is 19.6 Å². The zero-order chi connectivity index (χ0) is 10.4. The van der Waals surface area contributed by atoms with E-state index in [2.05, 4.69) is 19.2 Å². The summed E-state index contributed by atoms with van der Waals surface area (Å²) in [6.07, 6.45) is 4.11. The topological polar surface area (TPSA) is 32.3 Å². The Morgan fingerprint density at radius 3 is 2.93 bits per heavy atom. The average Bonchev–Trinajstić information content (AvgIpc) is 2.52. The smallest absolute Gasteiger partial charge is 0.222 e. The molecule has 0 aromatic rings. The summed E-state index contributed by atoms with van der Waals surface area (Å²) in [6, 6.07) is 0.581. The number of amides is 1. The maximum atomic E-state index is 11.3. The van der Waals surface area contributed by atoms with Crippen molar-refractivity contribution in [2.45, 2.75) is 45.6 Å². The second-order valence-electron chi connectivity index (χ2n) is 4.09. The lowest BCUT2D eigenvalue weighted by atomic mass is 10.2. The third-order valence-electron chi connectivity index (χ3n) is 2.79. The minimum atomic E-state index is 0.348. The van der Waals surface area contributed by atoms with Gasteiger partial charge in [-0.25, -0.2) is 0 Å². The molecule has 1 heterocycles. The minimum absolute atomic E-state index is 0.348. The first-order valence-corrected chi connectivity index (χ1v) is 5.75. The number of carbonyl (C=O) groups is 1. The molecule has 0 radical (unpaired) electrons. The zero-order valence-electron chi connectivity index (χ0n) is 9.38. The first-order valence-electron chi connectivity index (χ1n) is 5.75. The van der Waals surface area contributed by atoms with Crippen molar-refractivity contribution in [1.29, 1.82) is 0 Å². The first-order chi connectivity index (χ1) is 6.74. The van der Waals surface area contributed by atoms with Gasteiger partial charge in [0.05, 0.1) is 0 Å². The molecule has 1 saturated heterocycles. The van der Waals surface area contributed by atoms with E-state index in [0.29, 0.717) is 11.9 Å². The van der Waals surface area contributed by atoms with Gasteiger partial charge in [0.15, 0.2) is 0 Å². The van der Waals surface area contributed by atoms with Gasteiger partial charge >= 0.3 is 0 Å². The van der Waals surface area contributed by atoms with E-state index in [1.54, 1.807) is 0 Å². The molecule has 0 aliphatic carbocycles. The molecule has 1 rings (SSSR count). The monoisotopic (exact) mass is 198 g/mol. The van der Waals surface area contributed by atoms with Gasteiger partial charge in [-0.1, -0.05) is 6.92 Å². The summed E-state index contributed by atoms with van der Waals surface area (Å²) < 4.78 is 0. The molecule has 1 N–H and O–H groups in total. The number of hydrogen-bond acceptors (Lipinski definition) is 2. The Balaban J connectivity index is 2.05. The molecular weight excluding hydrogens is 176 g/mol. The van der Waals surface area contributed by atoms with Gasteiger partial charge in [0, 0.05) is 25.6 Å².